The number of nitrogens with zero attached hydrogens (tertiary/aromatic N) is 1. The highest BCUT2D eigenvalue weighted by Gasteiger charge is 2.17. The van der Waals surface area contributed by atoms with Crippen molar-refractivity contribution < 1.29 is 9.53 Å². The van der Waals surface area contributed by atoms with Gasteiger partial charge in [-0.3, -0.25) is 4.79 Å². The SMILES string of the molecule is COc1ccccc1CN(C)C(=O)C(C)CN.Cl. The molecule has 0 fully saturated rings. The van der Waals surface area contributed by atoms with Crippen molar-refractivity contribution in [3.05, 3.63) is 29.8 Å². The van der Waals surface area contributed by atoms with Gasteiger partial charge in [-0.15, -0.1) is 12.4 Å². The molecule has 1 aromatic carbocycles. The molecule has 18 heavy (non-hydrogen) atoms. The van der Waals surface area contributed by atoms with Gasteiger partial charge in [0.05, 0.1) is 7.11 Å². The Balaban J connectivity index is 0.00000289. The first-order valence-corrected chi connectivity index (χ1v) is 5.67. The normalized spacial score (nSPS) is 11.3. The van der Waals surface area contributed by atoms with Crippen LogP contribution in [-0.4, -0.2) is 31.5 Å². The van der Waals surface area contributed by atoms with Crippen molar-refractivity contribution >= 4 is 18.3 Å². The van der Waals surface area contributed by atoms with Gasteiger partial charge in [0.2, 0.25) is 5.91 Å². The summed E-state index contributed by atoms with van der Waals surface area (Å²) in [7, 11) is 3.41. The first-order chi connectivity index (χ1) is 8.10. The largest absolute Gasteiger partial charge is 0.496 e. The Hall–Kier alpha value is -1.26. The zero-order valence-electron chi connectivity index (χ0n) is 11.1. The molecule has 0 spiro atoms. The first kappa shape index (κ1) is 16.7. The van der Waals surface area contributed by atoms with E-state index in [0.29, 0.717) is 13.1 Å². The van der Waals surface area contributed by atoms with Crippen molar-refractivity contribution in [2.45, 2.75) is 13.5 Å². The topological polar surface area (TPSA) is 55.6 Å². The highest BCUT2D eigenvalue weighted by atomic mass is 35.5. The molecule has 1 rings (SSSR count). The van der Waals surface area contributed by atoms with Gasteiger partial charge in [-0.1, -0.05) is 25.1 Å². The first-order valence-electron chi connectivity index (χ1n) is 5.67. The minimum absolute atomic E-state index is 0. The lowest BCUT2D eigenvalue weighted by Crippen LogP contribution is -2.34. The molecule has 2 N–H and O–H groups in total. The summed E-state index contributed by atoms with van der Waals surface area (Å²) in [5.74, 6) is 0.709. The molecule has 0 aliphatic carbocycles. The smallest absolute Gasteiger partial charge is 0.226 e. The van der Waals surface area contributed by atoms with Gasteiger partial charge in [-0.05, 0) is 6.07 Å². The third-order valence-corrected chi connectivity index (χ3v) is 2.75. The molecule has 0 radical (unpaired) electrons. The summed E-state index contributed by atoms with van der Waals surface area (Å²) in [4.78, 5) is 13.6. The van der Waals surface area contributed by atoms with Crippen LogP contribution in [0.1, 0.15) is 12.5 Å². The van der Waals surface area contributed by atoms with Crippen molar-refractivity contribution in [2.24, 2.45) is 11.7 Å². The molecule has 0 saturated carbocycles. The summed E-state index contributed by atoms with van der Waals surface area (Å²) >= 11 is 0. The van der Waals surface area contributed by atoms with Gasteiger partial charge < -0.3 is 15.4 Å². The summed E-state index contributed by atoms with van der Waals surface area (Å²) in [5, 5.41) is 0. The van der Waals surface area contributed by atoms with Gasteiger partial charge in [-0.25, -0.2) is 0 Å². The fourth-order valence-corrected chi connectivity index (χ4v) is 1.64. The molecule has 1 atom stereocenters. The molecule has 4 nitrogen and oxygen atoms in total. The van der Waals surface area contributed by atoms with E-state index in [9.17, 15) is 4.79 Å². The third-order valence-electron chi connectivity index (χ3n) is 2.75. The second kappa shape index (κ2) is 7.95. The van der Waals surface area contributed by atoms with E-state index in [2.05, 4.69) is 0 Å². The molecule has 0 aliphatic heterocycles. The zero-order chi connectivity index (χ0) is 12.8. The molecule has 102 valence electrons. The number of methoxy groups -OCH3 is 1. The van der Waals surface area contributed by atoms with E-state index in [-0.39, 0.29) is 24.2 Å². The maximum atomic E-state index is 11.9. The number of ether oxygens (including phenoxy) is 1. The van der Waals surface area contributed by atoms with E-state index < -0.39 is 0 Å². The second-order valence-electron chi connectivity index (χ2n) is 4.14. The van der Waals surface area contributed by atoms with Crippen LogP contribution in [0.2, 0.25) is 0 Å². The number of halogens is 1. The van der Waals surface area contributed by atoms with E-state index in [0.717, 1.165) is 11.3 Å². The maximum Gasteiger partial charge on any atom is 0.226 e. The number of benzene rings is 1. The van der Waals surface area contributed by atoms with Crippen LogP contribution in [0.25, 0.3) is 0 Å². The van der Waals surface area contributed by atoms with Crippen LogP contribution in [0, 0.1) is 5.92 Å². The molecule has 1 unspecified atom stereocenters. The van der Waals surface area contributed by atoms with Crippen LogP contribution in [0.4, 0.5) is 0 Å². The van der Waals surface area contributed by atoms with Gasteiger partial charge in [0.15, 0.2) is 0 Å². The Morgan fingerprint density at radius 1 is 1.44 bits per heavy atom. The fraction of sp³-hybridized carbons (Fsp3) is 0.462. The van der Waals surface area contributed by atoms with E-state index in [1.165, 1.54) is 0 Å². The monoisotopic (exact) mass is 272 g/mol. The lowest BCUT2D eigenvalue weighted by molar-refractivity contribution is -0.133. The van der Waals surface area contributed by atoms with Crippen LogP contribution in [0.15, 0.2) is 24.3 Å². The van der Waals surface area contributed by atoms with Crippen molar-refractivity contribution in [3.8, 4) is 5.75 Å². The Morgan fingerprint density at radius 3 is 2.61 bits per heavy atom. The van der Waals surface area contributed by atoms with Crippen LogP contribution < -0.4 is 10.5 Å². The quantitative estimate of drug-likeness (QED) is 0.887. The molecular weight excluding hydrogens is 252 g/mol. The molecule has 0 aromatic heterocycles. The summed E-state index contributed by atoms with van der Waals surface area (Å²) < 4.78 is 5.25. The van der Waals surface area contributed by atoms with Gasteiger partial charge >= 0.3 is 0 Å². The number of rotatable bonds is 5. The molecule has 0 saturated heterocycles. The lowest BCUT2D eigenvalue weighted by atomic mass is 10.1. The van der Waals surface area contributed by atoms with Crippen molar-refractivity contribution in [1.82, 2.24) is 4.90 Å². The Kier molecular flexibility index (Phi) is 7.39. The number of hydrogen-bond acceptors (Lipinski definition) is 3. The zero-order valence-corrected chi connectivity index (χ0v) is 11.9. The number of nitrogens with two attached hydrogens (primary N) is 1. The Morgan fingerprint density at radius 2 is 2.06 bits per heavy atom. The number of carbonyl (C=O) groups is 1. The molecule has 0 heterocycles. The minimum Gasteiger partial charge on any atom is -0.496 e. The van der Waals surface area contributed by atoms with Gasteiger partial charge in [0.1, 0.15) is 5.75 Å². The van der Waals surface area contributed by atoms with Crippen molar-refractivity contribution in [2.75, 3.05) is 20.7 Å². The molecule has 5 heteroatoms. The summed E-state index contributed by atoms with van der Waals surface area (Å²) in [6.45, 7) is 2.74. The third kappa shape index (κ3) is 4.20. The highest BCUT2D eigenvalue weighted by molar-refractivity contribution is 5.85. The molecular formula is C13H21ClN2O2. The van der Waals surface area contributed by atoms with Gasteiger partial charge in [0.25, 0.3) is 0 Å². The van der Waals surface area contributed by atoms with Crippen LogP contribution in [0.5, 0.6) is 5.75 Å². The average molecular weight is 273 g/mol. The predicted molar refractivity (Wildman–Crippen MR) is 74.9 cm³/mol. The molecule has 0 bridgehead atoms. The van der Waals surface area contributed by atoms with Crippen LogP contribution in [0.3, 0.4) is 0 Å². The molecule has 1 amide bonds. The number of para-hydroxylation sites is 1. The van der Waals surface area contributed by atoms with Crippen molar-refractivity contribution in [3.63, 3.8) is 0 Å². The van der Waals surface area contributed by atoms with Crippen LogP contribution in [-0.2, 0) is 11.3 Å². The maximum absolute atomic E-state index is 11.9. The standard InChI is InChI=1S/C13H20N2O2.ClH/c1-10(8-14)13(16)15(2)9-11-6-4-5-7-12(11)17-3;/h4-7,10H,8-9,14H2,1-3H3;1H. The number of carbonyl (C=O) groups excluding carboxylic acids is 1. The highest BCUT2D eigenvalue weighted by Crippen LogP contribution is 2.19. The van der Waals surface area contributed by atoms with E-state index in [4.69, 9.17) is 10.5 Å². The van der Waals surface area contributed by atoms with E-state index in [1.807, 2.05) is 31.2 Å². The number of hydrogen-bond donors (Lipinski definition) is 1. The summed E-state index contributed by atoms with van der Waals surface area (Å²) in [5.41, 5.74) is 6.48. The number of amides is 1. The second-order valence-corrected chi connectivity index (χ2v) is 4.14. The Labute approximate surface area is 115 Å². The van der Waals surface area contributed by atoms with Crippen molar-refractivity contribution in [1.29, 1.82) is 0 Å². The fourth-order valence-electron chi connectivity index (χ4n) is 1.64. The lowest BCUT2D eigenvalue weighted by Gasteiger charge is -2.21. The minimum atomic E-state index is -0.144. The van der Waals surface area contributed by atoms with E-state index in [1.54, 1.807) is 19.1 Å². The summed E-state index contributed by atoms with van der Waals surface area (Å²) in [6, 6.07) is 7.69. The predicted octanol–water partition coefficient (Wildman–Crippen LogP) is 1.67. The average Bonchev–Trinajstić information content (AvgIpc) is 2.37. The Bertz CT molecular complexity index is 385. The molecule has 0 aliphatic rings. The van der Waals surface area contributed by atoms with Gasteiger partial charge in [0, 0.05) is 31.6 Å². The van der Waals surface area contributed by atoms with E-state index >= 15 is 0 Å². The summed E-state index contributed by atoms with van der Waals surface area (Å²) in [6.07, 6.45) is 0. The van der Waals surface area contributed by atoms with Crippen LogP contribution >= 0.6 is 12.4 Å². The molecule has 1 aromatic rings. The van der Waals surface area contributed by atoms with Gasteiger partial charge in [-0.2, -0.15) is 0 Å².